The third-order valence-electron chi connectivity index (χ3n) is 16.7. The molecule has 3 unspecified atom stereocenters. The highest BCUT2D eigenvalue weighted by atomic mass is 16.4. The summed E-state index contributed by atoms with van der Waals surface area (Å²) in [6.45, 7) is 14.6. The van der Waals surface area contributed by atoms with Crippen LogP contribution in [0.3, 0.4) is 0 Å². The third-order valence-corrected chi connectivity index (χ3v) is 16.7. The number of hydrogen-bond acceptors (Lipinski definition) is 17. The van der Waals surface area contributed by atoms with Gasteiger partial charge in [0.05, 0.1) is 17.6 Å². The van der Waals surface area contributed by atoms with Crippen molar-refractivity contribution < 1.29 is 68.4 Å². The van der Waals surface area contributed by atoms with Gasteiger partial charge in [0.2, 0.25) is 23.6 Å². The smallest absolute Gasteiger partial charge is 0.326 e. The number of fused-ring (bicyclic) bond motifs is 15. The summed E-state index contributed by atoms with van der Waals surface area (Å²) in [7, 11) is 0. The van der Waals surface area contributed by atoms with Crippen LogP contribution < -0.4 is 63.8 Å². The van der Waals surface area contributed by atoms with Gasteiger partial charge in [-0.3, -0.25) is 33.6 Å². The number of rotatable bonds is 41. The van der Waals surface area contributed by atoms with E-state index in [0.29, 0.717) is 104 Å². The van der Waals surface area contributed by atoms with Gasteiger partial charge in [0, 0.05) is 141 Å². The van der Waals surface area contributed by atoms with Crippen molar-refractivity contribution in [1.29, 1.82) is 0 Å². The molecule has 0 aliphatic carbocycles. The second-order valence-corrected chi connectivity index (χ2v) is 25.2. The van der Waals surface area contributed by atoms with E-state index in [0.717, 1.165) is 63.2 Å². The van der Waals surface area contributed by atoms with E-state index in [1.54, 1.807) is 0 Å². The number of Topliss-reactive ketones (excluding diaryl/α,β-unsaturated/α-hetero) is 2. The number of ketones is 2. The highest BCUT2D eigenvalue weighted by Crippen LogP contribution is 2.19. The number of carboxylic acid groups (broad SMARTS) is 3. The molecular weight excluding hydrogens is 1200 g/mol. The molecule has 2 bridgehead atoms. The first kappa shape index (κ1) is 78.1. The number of aliphatic hydroxyl groups excluding tert-OH is 1. The summed E-state index contributed by atoms with van der Waals surface area (Å²) in [6, 6.07) is 12.8. The average molecular weight is 1300 g/mol. The number of carboxylic acids is 3. The quantitative estimate of drug-likeness (QED) is 0.0336. The van der Waals surface area contributed by atoms with E-state index in [1.807, 2.05) is 60.7 Å². The van der Waals surface area contributed by atoms with Gasteiger partial charge in [-0.2, -0.15) is 0 Å². The molecule has 93 heavy (non-hydrogen) atoms. The molecule has 518 valence electrons. The molecule has 0 aromatic heterocycles. The Hall–Kier alpha value is -7.36. The number of carbonyl (C=O) groups excluding carboxylic acids is 7. The number of carbonyl (C=O) groups is 10. The van der Waals surface area contributed by atoms with Gasteiger partial charge in [-0.1, -0.05) is 99.8 Å². The zero-order valence-corrected chi connectivity index (χ0v) is 54.5. The molecule has 0 saturated carbocycles. The maximum absolute atomic E-state index is 14.5. The molecule has 6 amide bonds. The zero-order valence-electron chi connectivity index (χ0n) is 54.5. The Bertz CT molecular complexity index is 2610. The molecule has 26 nitrogen and oxygen atoms in total. The summed E-state index contributed by atoms with van der Waals surface area (Å²) in [4.78, 5) is 128. The summed E-state index contributed by atoms with van der Waals surface area (Å²) < 4.78 is 0. The standard InChI is InChI=1S/C67H106N12O14/c1-48(80)53(77-65(93)78-55(64(91)92)30-31-61(86)87)25-14-7-13-24-52(81)23-12-3-4-15-27-58(83)74-32-17-16-26-54(63(89)90)76-62(88)51(39-49-19-8-5-9-20-49)41-57(82)56(40-50-21-10-6-11-22-50)75-59(84)28-18-29-60(85)79-67-45-71-36-33-68-42-66(2,43-69-34-37-72-46-67)44-70-35-38-73-47-67/h5-6,8-11,19-22,51,53-56,68-73,80H,1,3-4,7,12-18,23-47H2,2H3,(H,74,83)(H,75,84)(H,76,88)(H,79,85)(H,86,87)(H,89,90)(H,91,92)(H2,77,78,93)/t51-,53?,54?,55?,56+,66?,67?/m0/s1. The molecule has 26 heteroatoms. The van der Waals surface area contributed by atoms with Crippen LogP contribution in [0.1, 0.15) is 146 Å². The lowest BCUT2D eigenvalue weighted by atomic mass is 9.89. The number of benzene rings is 2. The van der Waals surface area contributed by atoms with Crippen molar-refractivity contribution in [3.8, 4) is 0 Å². The highest BCUT2D eigenvalue weighted by Gasteiger charge is 2.34. The van der Waals surface area contributed by atoms with Crippen LogP contribution in [0.15, 0.2) is 73.0 Å². The van der Waals surface area contributed by atoms with Gasteiger partial charge in [0.1, 0.15) is 23.6 Å². The van der Waals surface area contributed by atoms with E-state index in [9.17, 15) is 63.3 Å². The average Bonchev–Trinajstić information content (AvgIpc) is 1.03. The van der Waals surface area contributed by atoms with Crippen LogP contribution in [0.4, 0.5) is 4.79 Å². The molecule has 3 fully saturated rings. The first-order chi connectivity index (χ1) is 44.6. The second-order valence-electron chi connectivity index (χ2n) is 25.2. The minimum Gasteiger partial charge on any atom is -0.511 e. The number of amides is 6. The van der Waals surface area contributed by atoms with Crippen molar-refractivity contribution >= 4 is 59.1 Å². The number of aliphatic carboxylic acids is 3. The van der Waals surface area contributed by atoms with Crippen LogP contribution in [0, 0.1) is 11.3 Å². The van der Waals surface area contributed by atoms with Crippen molar-refractivity contribution in [2.75, 3.05) is 85.1 Å². The van der Waals surface area contributed by atoms with Gasteiger partial charge >= 0.3 is 23.9 Å². The minimum absolute atomic E-state index is 0.0318. The Morgan fingerprint density at radius 2 is 0.935 bits per heavy atom. The maximum atomic E-state index is 14.5. The van der Waals surface area contributed by atoms with E-state index >= 15 is 0 Å². The first-order valence-corrected chi connectivity index (χ1v) is 33.3. The van der Waals surface area contributed by atoms with Crippen molar-refractivity contribution in [2.24, 2.45) is 11.3 Å². The largest absolute Gasteiger partial charge is 0.511 e. The fourth-order valence-electron chi connectivity index (χ4n) is 11.3. The molecule has 16 N–H and O–H groups in total. The van der Waals surface area contributed by atoms with Gasteiger partial charge in [0.15, 0.2) is 5.78 Å². The number of urea groups is 1. The fraction of sp³-hybridized carbons (Fsp3) is 0.642. The highest BCUT2D eigenvalue weighted by molar-refractivity contribution is 5.94. The summed E-state index contributed by atoms with van der Waals surface area (Å²) >= 11 is 0. The molecule has 0 spiro atoms. The molecule has 5 atom stereocenters. The van der Waals surface area contributed by atoms with Gasteiger partial charge in [-0.15, -0.1) is 0 Å². The van der Waals surface area contributed by atoms with Gasteiger partial charge in [-0.05, 0) is 81.8 Å². The Morgan fingerprint density at radius 1 is 0.473 bits per heavy atom. The Balaban J connectivity index is 1.20. The predicted octanol–water partition coefficient (Wildman–Crippen LogP) is 2.90. The number of nitrogens with one attached hydrogen (secondary N) is 12. The van der Waals surface area contributed by atoms with Gasteiger partial charge in [-0.25, -0.2) is 14.4 Å². The van der Waals surface area contributed by atoms with E-state index < -0.39 is 83.6 Å². The molecule has 5 rings (SSSR count). The molecule has 2 aromatic carbocycles. The van der Waals surface area contributed by atoms with Crippen molar-refractivity contribution in [1.82, 2.24) is 63.8 Å². The van der Waals surface area contributed by atoms with Crippen LogP contribution in [0.5, 0.6) is 0 Å². The predicted molar refractivity (Wildman–Crippen MR) is 353 cm³/mol. The van der Waals surface area contributed by atoms with Crippen LogP contribution in [0.2, 0.25) is 0 Å². The van der Waals surface area contributed by atoms with Crippen LogP contribution in [0.25, 0.3) is 0 Å². The fourth-order valence-corrected chi connectivity index (χ4v) is 11.3. The summed E-state index contributed by atoms with van der Waals surface area (Å²) in [5.74, 6) is -6.86. The summed E-state index contributed by atoms with van der Waals surface area (Å²) in [6.07, 6.45) is 6.22. The molecule has 3 heterocycles. The third kappa shape index (κ3) is 33.9. The summed E-state index contributed by atoms with van der Waals surface area (Å²) in [5.41, 5.74) is 0.923. The molecule has 3 saturated heterocycles. The Morgan fingerprint density at radius 3 is 1.47 bits per heavy atom. The topological polar surface area (TPSA) is 396 Å². The van der Waals surface area contributed by atoms with Crippen LogP contribution in [-0.2, 0) is 56.0 Å². The van der Waals surface area contributed by atoms with Crippen molar-refractivity contribution in [2.45, 2.75) is 178 Å². The van der Waals surface area contributed by atoms with E-state index in [1.165, 1.54) is 0 Å². The SMILES string of the molecule is C=C(O)C(CCCCCC(=O)CCCCCCC(=O)NCCCCC(NC(=O)[C@H](CC(=O)[C@@H](Cc1ccccc1)NC(=O)CCCC(=O)NC12CNCCNCC(C)(CNCCNC1)CNCCNC2)Cc1ccccc1)C(=O)O)NC(=O)NC(CCC(=O)O)C(=O)O. The molecule has 0 radical (unpaired) electrons. The molecule has 3 aliphatic rings. The van der Waals surface area contributed by atoms with Crippen LogP contribution >= 0.6 is 0 Å². The van der Waals surface area contributed by atoms with Gasteiger partial charge < -0.3 is 84.2 Å². The van der Waals surface area contributed by atoms with Crippen molar-refractivity contribution in [3.63, 3.8) is 0 Å². The summed E-state index contributed by atoms with van der Waals surface area (Å²) in [5, 5.41) is 76.2. The van der Waals surface area contributed by atoms with E-state index in [-0.39, 0.29) is 93.0 Å². The lowest BCUT2D eigenvalue weighted by molar-refractivity contribution is -0.143. The van der Waals surface area contributed by atoms with Crippen LogP contribution in [-0.4, -0.2) is 194 Å². The normalized spacial score (nSPS) is 18.9. The zero-order chi connectivity index (χ0) is 67.7. The molecule has 3 aliphatic heterocycles. The first-order valence-electron chi connectivity index (χ1n) is 33.3. The Kier molecular flexibility index (Phi) is 37.2. The molecule has 2 aromatic rings. The monoisotopic (exact) mass is 1300 g/mol. The number of hydrogen-bond donors (Lipinski definition) is 16. The lowest BCUT2D eigenvalue weighted by Gasteiger charge is -2.37. The number of aliphatic hydroxyl groups is 1. The number of unbranched alkanes of at least 4 members (excludes halogenated alkanes) is 6. The molecular formula is C67H106N12O14. The second kappa shape index (κ2) is 44.3. The van der Waals surface area contributed by atoms with E-state index in [4.69, 9.17) is 5.11 Å². The maximum Gasteiger partial charge on any atom is 0.326 e. The van der Waals surface area contributed by atoms with E-state index in [2.05, 4.69) is 77.3 Å². The van der Waals surface area contributed by atoms with Crippen molar-refractivity contribution in [3.05, 3.63) is 84.1 Å². The van der Waals surface area contributed by atoms with Gasteiger partial charge in [0.25, 0.3) is 0 Å². The lowest BCUT2D eigenvalue weighted by Crippen LogP contribution is -2.66. The Labute approximate surface area is 547 Å². The minimum atomic E-state index is -1.43.